The number of alkyl halides is 4. The Hall–Kier alpha value is -1.23. The van der Waals surface area contributed by atoms with Crippen molar-refractivity contribution in [2.45, 2.75) is 18.6 Å². The van der Waals surface area contributed by atoms with Gasteiger partial charge in [0.1, 0.15) is 0 Å². The first-order valence-corrected chi connectivity index (χ1v) is 5.04. The summed E-state index contributed by atoms with van der Waals surface area (Å²) in [6.07, 6.45) is -4.46. The van der Waals surface area contributed by atoms with Crippen LogP contribution in [-0.4, -0.2) is 5.91 Å². The Morgan fingerprint density at radius 3 is 2.62 bits per heavy atom. The van der Waals surface area contributed by atoms with Gasteiger partial charge in [-0.15, -0.1) is 11.6 Å². The molecule has 6 heteroatoms. The Balaban J connectivity index is 2.65. The van der Waals surface area contributed by atoms with E-state index in [-0.39, 0.29) is 23.6 Å². The van der Waals surface area contributed by atoms with E-state index in [1.54, 1.807) is 0 Å². The zero-order valence-corrected chi connectivity index (χ0v) is 8.74. The first-order chi connectivity index (χ1) is 7.43. The summed E-state index contributed by atoms with van der Waals surface area (Å²) < 4.78 is 38.1. The van der Waals surface area contributed by atoms with Crippen LogP contribution in [-0.2, 0) is 18.6 Å². The van der Waals surface area contributed by atoms with Crippen LogP contribution in [0.5, 0.6) is 0 Å². The molecule has 1 aromatic carbocycles. The first-order valence-electron chi connectivity index (χ1n) is 4.50. The van der Waals surface area contributed by atoms with Crippen molar-refractivity contribution in [1.29, 1.82) is 0 Å². The second-order valence-corrected chi connectivity index (χ2v) is 3.75. The van der Waals surface area contributed by atoms with E-state index in [9.17, 15) is 18.0 Å². The van der Waals surface area contributed by atoms with Crippen LogP contribution in [0.25, 0.3) is 0 Å². The second kappa shape index (κ2) is 3.66. The third-order valence-corrected chi connectivity index (χ3v) is 2.75. The summed E-state index contributed by atoms with van der Waals surface area (Å²) in [5.74, 6) is -0.531. The fourth-order valence-electron chi connectivity index (χ4n) is 1.72. The monoisotopic (exact) mass is 249 g/mol. The highest BCUT2D eigenvalue weighted by Crippen LogP contribution is 2.36. The molecule has 16 heavy (non-hydrogen) atoms. The molecular formula is C10H7ClF3NO. The molecular weight excluding hydrogens is 243 g/mol. The minimum atomic E-state index is -4.46. The maximum absolute atomic E-state index is 12.7. The van der Waals surface area contributed by atoms with Crippen LogP contribution in [0.15, 0.2) is 12.1 Å². The van der Waals surface area contributed by atoms with Gasteiger partial charge in [-0.1, -0.05) is 0 Å². The lowest BCUT2D eigenvalue weighted by Gasteiger charge is -2.12. The van der Waals surface area contributed by atoms with Crippen LogP contribution in [0.1, 0.15) is 27.0 Å². The number of halogens is 4. The molecule has 0 aromatic heterocycles. The first kappa shape index (κ1) is 11.3. The molecule has 0 spiro atoms. The van der Waals surface area contributed by atoms with E-state index in [1.165, 1.54) is 6.07 Å². The molecule has 2 rings (SSSR count). The number of hydrogen-bond acceptors (Lipinski definition) is 1. The van der Waals surface area contributed by atoms with Crippen LogP contribution >= 0.6 is 11.6 Å². The van der Waals surface area contributed by atoms with E-state index in [4.69, 9.17) is 11.6 Å². The smallest absolute Gasteiger partial charge is 0.348 e. The summed E-state index contributed by atoms with van der Waals surface area (Å²) in [7, 11) is 0. The van der Waals surface area contributed by atoms with E-state index in [0.29, 0.717) is 5.56 Å². The SMILES string of the molecule is O=C1NCc2c1cc(CCl)cc2C(F)(F)F. The number of carbonyl (C=O) groups is 1. The molecule has 86 valence electrons. The summed E-state index contributed by atoms with van der Waals surface area (Å²) in [4.78, 5) is 11.3. The number of nitrogens with one attached hydrogen (secondary N) is 1. The summed E-state index contributed by atoms with van der Waals surface area (Å²) >= 11 is 5.50. The predicted octanol–water partition coefficient (Wildman–Crippen LogP) is 2.69. The fraction of sp³-hybridized carbons (Fsp3) is 0.300. The highest BCUT2D eigenvalue weighted by Gasteiger charge is 2.37. The third kappa shape index (κ3) is 1.75. The average molecular weight is 250 g/mol. The summed E-state index contributed by atoms with van der Waals surface area (Å²) in [6, 6.07) is 2.39. The van der Waals surface area contributed by atoms with Gasteiger partial charge in [0.25, 0.3) is 5.91 Å². The molecule has 1 amide bonds. The molecule has 1 aliphatic heterocycles. The number of hydrogen-bond donors (Lipinski definition) is 1. The van der Waals surface area contributed by atoms with E-state index in [1.807, 2.05) is 0 Å². The van der Waals surface area contributed by atoms with Crippen LogP contribution in [0.4, 0.5) is 13.2 Å². The van der Waals surface area contributed by atoms with Gasteiger partial charge in [-0.2, -0.15) is 13.2 Å². The van der Waals surface area contributed by atoms with E-state index in [0.717, 1.165) is 6.07 Å². The zero-order chi connectivity index (χ0) is 11.9. The number of fused-ring (bicyclic) bond motifs is 1. The molecule has 0 bridgehead atoms. The predicted molar refractivity (Wildman–Crippen MR) is 52.2 cm³/mol. The topological polar surface area (TPSA) is 29.1 Å². The fourth-order valence-corrected chi connectivity index (χ4v) is 1.87. The standard InChI is InChI=1S/C10H7ClF3NO/c11-3-5-1-6-7(4-15-9(6)16)8(2-5)10(12,13)14/h1-2H,3-4H2,(H,15,16). The Kier molecular flexibility index (Phi) is 2.58. The molecule has 1 N–H and O–H groups in total. The molecule has 1 aliphatic rings. The van der Waals surface area contributed by atoms with Crippen LogP contribution in [0, 0.1) is 0 Å². The van der Waals surface area contributed by atoms with Gasteiger partial charge in [-0.25, -0.2) is 0 Å². The van der Waals surface area contributed by atoms with Crippen molar-refractivity contribution in [3.63, 3.8) is 0 Å². The Labute approximate surface area is 94.4 Å². The van der Waals surface area contributed by atoms with Gasteiger partial charge < -0.3 is 5.32 Å². The minimum absolute atomic E-state index is 0.00590. The highest BCUT2D eigenvalue weighted by atomic mass is 35.5. The van der Waals surface area contributed by atoms with Gasteiger partial charge in [-0.05, 0) is 23.3 Å². The number of benzene rings is 1. The minimum Gasteiger partial charge on any atom is -0.348 e. The molecule has 2 nitrogen and oxygen atoms in total. The second-order valence-electron chi connectivity index (χ2n) is 3.48. The van der Waals surface area contributed by atoms with Gasteiger partial charge in [0.15, 0.2) is 0 Å². The van der Waals surface area contributed by atoms with E-state index >= 15 is 0 Å². The highest BCUT2D eigenvalue weighted by molar-refractivity contribution is 6.17. The van der Waals surface area contributed by atoms with Crippen molar-refractivity contribution in [2.75, 3.05) is 0 Å². The van der Waals surface area contributed by atoms with Gasteiger partial charge in [0.2, 0.25) is 0 Å². The van der Waals surface area contributed by atoms with Crippen molar-refractivity contribution in [3.05, 3.63) is 34.4 Å². The summed E-state index contributed by atoms with van der Waals surface area (Å²) in [5, 5.41) is 2.37. The molecule has 0 saturated heterocycles. The number of carbonyl (C=O) groups excluding carboxylic acids is 1. The number of amides is 1. The third-order valence-electron chi connectivity index (χ3n) is 2.44. The normalized spacial score (nSPS) is 14.9. The molecule has 0 atom stereocenters. The molecule has 1 aromatic rings. The zero-order valence-electron chi connectivity index (χ0n) is 7.99. The van der Waals surface area contributed by atoms with Gasteiger partial charge in [-0.3, -0.25) is 4.79 Å². The van der Waals surface area contributed by atoms with Crippen molar-refractivity contribution in [2.24, 2.45) is 0 Å². The van der Waals surface area contributed by atoms with Gasteiger partial charge in [0.05, 0.1) is 5.56 Å². The molecule has 0 aliphatic carbocycles. The largest absolute Gasteiger partial charge is 0.416 e. The van der Waals surface area contributed by atoms with Crippen LogP contribution in [0.3, 0.4) is 0 Å². The quantitative estimate of drug-likeness (QED) is 0.762. The van der Waals surface area contributed by atoms with E-state index < -0.39 is 17.6 Å². The lowest BCUT2D eigenvalue weighted by molar-refractivity contribution is -0.138. The van der Waals surface area contributed by atoms with Crippen LogP contribution < -0.4 is 5.32 Å². The molecule has 0 saturated carbocycles. The molecule has 0 fully saturated rings. The Morgan fingerprint density at radius 2 is 2.06 bits per heavy atom. The molecule has 0 unspecified atom stereocenters. The molecule has 1 heterocycles. The average Bonchev–Trinajstić information content (AvgIpc) is 2.58. The molecule has 0 radical (unpaired) electrons. The van der Waals surface area contributed by atoms with E-state index in [2.05, 4.69) is 5.32 Å². The van der Waals surface area contributed by atoms with Crippen molar-refractivity contribution < 1.29 is 18.0 Å². The lowest BCUT2D eigenvalue weighted by atomic mass is 9.99. The maximum atomic E-state index is 12.7. The van der Waals surface area contributed by atoms with Crippen LogP contribution in [0.2, 0.25) is 0 Å². The van der Waals surface area contributed by atoms with Crippen molar-refractivity contribution >= 4 is 17.5 Å². The Bertz CT molecular complexity index is 456. The lowest BCUT2D eigenvalue weighted by Crippen LogP contribution is -2.12. The summed E-state index contributed by atoms with van der Waals surface area (Å²) in [6.45, 7) is -0.0778. The van der Waals surface area contributed by atoms with Gasteiger partial charge >= 0.3 is 6.18 Å². The van der Waals surface area contributed by atoms with Crippen molar-refractivity contribution in [1.82, 2.24) is 5.32 Å². The maximum Gasteiger partial charge on any atom is 0.416 e. The number of rotatable bonds is 1. The summed E-state index contributed by atoms with van der Waals surface area (Å²) in [5.41, 5.74) is -0.402. The van der Waals surface area contributed by atoms with Gasteiger partial charge in [0, 0.05) is 18.0 Å². The van der Waals surface area contributed by atoms with Crippen molar-refractivity contribution in [3.8, 4) is 0 Å². The Morgan fingerprint density at radius 1 is 1.38 bits per heavy atom.